The summed E-state index contributed by atoms with van der Waals surface area (Å²) >= 11 is 0. The molecule has 3 atom stereocenters. The molecule has 1 fully saturated rings. The van der Waals surface area contributed by atoms with E-state index in [4.69, 9.17) is 54.1 Å². The molecule has 5 aromatic rings. The van der Waals surface area contributed by atoms with E-state index in [9.17, 15) is 29.3 Å². The number of carbonyl (C=O) groups excluding carboxylic acids is 4. The Hall–Kier alpha value is -8.40. The quantitative estimate of drug-likeness (QED) is 0.0133. The van der Waals surface area contributed by atoms with Crippen molar-refractivity contribution >= 4 is 46.7 Å². The van der Waals surface area contributed by atoms with Crippen LogP contribution in [0.1, 0.15) is 113 Å². The van der Waals surface area contributed by atoms with Gasteiger partial charge in [-0.05, 0) is 111 Å². The zero-order valence-corrected chi connectivity index (χ0v) is 46.9. The van der Waals surface area contributed by atoms with Gasteiger partial charge in [-0.3, -0.25) is 24.5 Å². The lowest BCUT2D eigenvalue weighted by Gasteiger charge is -2.36. The summed E-state index contributed by atoms with van der Waals surface area (Å²) < 4.78 is 52.1. The maximum absolute atomic E-state index is 14.2. The number of ketones is 1. The number of nitrogens with one attached hydrogen (secondary N) is 1. The van der Waals surface area contributed by atoms with Gasteiger partial charge in [0.2, 0.25) is 23.4 Å². The van der Waals surface area contributed by atoms with Crippen molar-refractivity contribution in [3.8, 4) is 40.2 Å². The van der Waals surface area contributed by atoms with E-state index >= 15 is 0 Å². The van der Waals surface area contributed by atoms with Gasteiger partial charge in [-0.25, -0.2) is 9.78 Å². The van der Waals surface area contributed by atoms with Crippen LogP contribution in [-0.4, -0.2) is 111 Å². The number of methoxy groups -OCH3 is 5. The summed E-state index contributed by atoms with van der Waals surface area (Å²) in [5.74, 6) is 0.655. The number of amides is 2. The van der Waals surface area contributed by atoms with Crippen molar-refractivity contribution in [2.24, 2.45) is 5.41 Å². The first-order valence-corrected chi connectivity index (χ1v) is 26.4. The fourth-order valence-corrected chi connectivity index (χ4v) is 9.05. The van der Waals surface area contributed by atoms with Gasteiger partial charge in [0, 0.05) is 42.2 Å². The molecule has 4 aromatic carbocycles. The molecule has 430 valence electrons. The standard InChI is InChI=1S/C58H73N7O15/c1-10-58(3,4)53(67)55(68)64-23-12-11-17-42(64)56(69)80-44(21-19-36-20-22-45(72-5)46(28-36)73-6)38-15-13-16-40(31-38)62-51(66)18-14-24-78-48-33-43(65(70)71)41(32-47(48)74-7)35(2)77-25-26-79-52-49(75-8)29-37(30-50(52)76-9)27-39-34-61-57(60)63-54(39)59/h13,15-16,20,22,28-35,42,44H,10-12,14,17-19,21,23-27H2,1-9H3,(H,62,66)(H4,59,60,61,63)/t35?,42?,44-/m1/s1. The molecular weight excluding hydrogens is 1030 g/mol. The Morgan fingerprint density at radius 3 is 2.17 bits per heavy atom. The number of hydrogen-bond donors (Lipinski definition) is 3. The number of likely N-dealkylation sites (tertiary alicyclic amines) is 1. The molecule has 0 aliphatic carbocycles. The number of nitro benzene ring substituents is 1. The molecule has 1 aliphatic rings. The summed E-state index contributed by atoms with van der Waals surface area (Å²) in [7, 11) is 7.49. The molecule has 0 saturated carbocycles. The number of aryl methyl sites for hydroxylation is 1. The van der Waals surface area contributed by atoms with Crippen molar-refractivity contribution in [3.63, 3.8) is 0 Å². The molecule has 22 heteroatoms. The second kappa shape index (κ2) is 28.5. The number of nitrogen functional groups attached to an aromatic ring is 2. The number of nitro groups is 1. The van der Waals surface area contributed by atoms with Crippen LogP contribution < -0.4 is 49.9 Å². The Morgan fingerprint density at radius 1 is 0.825 bits per heavy atom. The Labute approximate surface area is 465 Å². The number of nitrogens with zero attached hydrogens (tertiary/aromatic N) is 4. The first-order chi connectivity index (χ1) is 38.3. The summed E-state index contributed by atoms with van der Waals surface area (Å²) in [5, 5.41) is 15.3. The highest BCUT2D eigenvalue weighted by Gasteiger charge is 2.41. The highest BCUT2D eigenvalue weighted by atomic mass is 16.6. The minimum atomic E-state index is -0.946. The fraction of sp³-hybridized carbons (Fsp3) is 0.448. The van der Waals surface area contributed by atoms with Crippen molar-refractivity contribution in [2.45, 2.75) is 104 Å². The average Bonchev–Trinajstić information content (AvgIpc) is 3.46. The van der Waals surface area contributed by atoms with Gasteiger partial charge in [-0.15, -0.1) is 0 Å². The van der Waals surface area contributed by atoms with Crippen molar-refractivity contribution in [3.05, 3.63) is 111 Å². The van der Waals surface area contributed by atoms with Gasteiger partial charge >= 0.3 is 5.97 Å². The lowest BCUT2D eigenvalue weighted by Crippen LogP contribution is -2.53. The SMILES string of the molecule is CCC(C)(C)C(=O)C(=O)N1CCCCC1C(=O)O[C@H](CCc1ccc(OC)c(OC)c1)c1cccc(NC(=O)CCCOc2cc([N+](=O)[O-])c(C(C)OCCOc3c(OC)cc(Cc4cnc(N)nc4N)cc3OC)cc2OC)c1. The maximum Gasteiger partial charge on any atom is 0.329 e. The van der Waals surface area contributed by atoms with Crippen molar-refractivity contribution in [2.75, 3.05) is 78.7 Å². The monoisotopic (exact) mass is 1110 g/mol. The van der Waals surface area contributed by atoms with Crippen LogP contribution in [0.25, 0.3) is 0 Å². The highest BCUT2D eigenvalue weighted by molar-refractivity contribution is 6.38. The fourth-order valence-electron chi connectivity index (χ4n) is 9.05. The summed E-state index contributed by atoms with van der Waals surface area (Å²) in [6, 6.07) is 17.9. The van der Waals surface area contributed by atoms with Crippen LogP contribution in [0, 0.1) is 15.5 Å². The third-order valence-corrected chi connectivity index (χ3v) is 14.0. The zero-order chi connectivity index (χ0) is 58.1. The number of anilines is 3. The summed E-state index contributed by atoms with van der Waals surface area (Å²) in [6.45, 7) is 7.28. The number of benzene rings is 4. The van der Waals surface area contributed by atoms with E-state index in [1.807, 2.05) is 19.1 Å². The van der Waals surface area contributed by atoms with E-state index in [-0.39, 0.29) is 79.6 Å². The molecule has 1 aliphatic heterocycles. The number of piperidine rings is 1. The van der Waals surface area contributed by atoms with Crippen LogP contribution in [-0.2, 0) is 41.5 Å². The molecule has 2 unspecified atom stereocenters. The van der Waals surface area contributed by atoms with Crippen molar-refractivity contribution in [1.29, 1.82) is 0 Å². The van der Waals surface area contributed by atoms with Crippen molar-refractivity contribution in [1.82, 2.24) is 14.9 Å². The van der Waals surface area contributed by atoms with E-state index in [1.165, 1.54) is 38.4 Å². The predicted octanol–water partition coefficient (Wildman–Crippen LogP) is 8.74. The van der Waals surface area contributed by atoms with Crippen molar-refractivity contribution < 1.29 is 66.7 Å². The molecular formula is C58H73N7O15. The van der Waals surface area contributed by atoms with Gasteiger partial charge in [0.1, 0.15) is 24.6 Å². The van der Waals surface area contributed by atoms with E-state index in [0.29, 0.717) is 90.5 Å². The lowest BCUT2D eigenvalue weighted by atomic mass is 9.84. The molecule has 6 rings (SSSR count). The number of nitrogens with two attached hydrogens (primary N) is 2. The first-order valence-electron chi connectivity index (χ1n) is 26.4. The van der Waals surface area contributed by atoms with E-state index in [0.717, 1.165) is 11.1 Å². The molecule has 2 amide bonds. The molecule has 80 heavy (non-hydrogen) atoms. The summed E-state index contributed by atoms with van der Waals surface area (Å²) in [6.07, 6.45) is 3.50. The van der Waals surface area contributed by atoms with E-state index in [1.54, 1.807) is 83.7 Å². The second-order valence-electron chi connectivity index (χ2n) is 19.7. The predicted molar refractivity (Wildman–Crippen MR) is 298 cm³/mol. The normalized spacial score (nSPS) is 14.0. The van der Waals surface area contributed by atoms with Gasteiger partial charge in [0.25, 0.3) is 11.6 Å². The van der Waals surface area contributed by atoms with E-state index < -0.39 is 46.2 Å². The molecule has 5 N–H and O–H groups in total. The molecule has 1 aromatic heterocycles. The van der Waals surface area contributed by atoms with Crippen LogP contribution in [0.5, 0.6) is 40.2 Å². The second-order valence-corrected chi connectivity index (χ2v) is 19.7. The molecule has 0 bridgehead atoms. The van der Waals surface area contributed by atoms with E-state index in [2.05, 4.69) is 15.3 Å². The lowest BCUT2D eigenvalue weighted by molar-refractivity contribution is -0.386. The highest BCUT2D eigenvalue weighted by Crippen LogP contribution is 2.41. The van der Waals surface area contributed by atoms with Crippen LogP contribution in [0.3, 0.4) is 0 Å². The topological polar surface area (TPSA) is 288 Å². The third kappa shape index (κ3) is 15.7. The molecule has 1 saturated heterocycles. The summed E-state index contributed by atoms with van der Waals surface area (Å²) in [5.41, 5.74) is 14.2. The van der Waals surface area contributed by atoms with Gasteiger partial charge < -0.3 is 64.3 Å². The van der Waals surface area contributed by atoms with Gasteiger partial charge in [-0.2, -0.15) is 4.98 Å². The minimum Gasteiger partial charge on any atom is -0.493 e. The number of hydrogen-bond acceptors (Lipinski definition) is 19. The average molecular weight is 1110 g/mol. The van der Waals surface area contributed by atoms with Crippen LogP contribution in [0.4, 0.5) is 23.1 Å². The maximum atomic E-state index is 14.2. The van der Waals surface area contributed by atoms with Gasteiger partial charge in [0.05, 0.1) is 71.4 Å². The summed E-state index contributed by atoms with van der Waals surface area (Å²) in [4.78, 5) is 75.7. The third-order valence-electron chi connectivity index (χ3n) is 14.0. The molecule has 22 nitrogen and oxygen atoms in total. The number of esters is 1. The van der Waals surface area contributed by atoms with Gasteiger partial charge in [-0.1, -0.05) is 39.0 Å². The van der Waals surface area contributed by atoms with Gasteiger partial charge in [0.15, 0.2) is 34.5 Å². The first kappa shape index (κ1) is 60.8. The Balaban J connectivity index is 1.07. The Kier molecular flexibility index (Phi) is 21.6. The minimum absolute atomic E-state index is 0.0118. The smallest absolute Gasteiger partial charge is 0.329 e. The Bertz CT molecular complexity index is 2960. The van der Waals surface area contributed by atoms with Crippen LogP contribution >= 0.6 is 0 Å². The molecule has 0 radical (unpaired) electrons. The largest absolute Gasteiger partial charge is 0.493 e. The Morgan fingerprint density at radius 2 is 1.51 bits per heavy atom. The number of rotatable bonds is 29. The molecule has 0 spiro atoms. The number of Topliss-reactive ketones (excluding diaryl/α,β-unsaturated/α-hetero) is 1. The number of ether oxygens (including phenoxy) is 9. The zero-order valence-electron chi connectivity index (χ0n) is 46.9. The number of aromatic nitrogens is 2. The molecule has 2 heterocycles. The van der Waals surface area contributed by atoms with Crippen LogP contribution in [0.2, 0.25) is 0 Å². The van der Waals surface area contributed by atoms with Crippen LogP contribution in [0.15, 0.2) is 72.9 Å². The number of carbonyl (C=O) groups is 4.